The largest absolute Gasteiger partial charge is 0.383 e. The van der Waals surface area contributed by atoms with Gasteiger partial charge in [0.05, 0.1) is 29.5 Å². The summed E-state index contributed by atoms with van der Waals surface area (Å²) in [4.78, 5) is 0. The first-order valence-electron chi connectivity index (χ1n) is 6.65. The van der Waals surface area contributed by atoms with E-state index in [0.29, 0.717) is 13.2 Å². The Balaban J connectivity index is 2.37. The van der Waals surface area contributed by atoms with Gasteiger partial charge >= 0.3 is 0 Å². The van der Waals surface area contributed by atoms with E-state index in [2.05, 4.69) is 28.0 Å². The van der Waals surface area contributed by atoms with Gasteiger partial charge in [-0.15, -0.1) is 0 Å². The lowest BCUT2D eigenvalue weighted by Crippen LogP contribution is -2.14. The number of methoxy groups -OCH3 is 1. The lowest BCUT2D eigenvalue weighted by atomic mass is 9.98. The molecule has 1 unspecified atom stereocenters. The van der Waals surface area contributed by atoms with E-state index in [9.17, 15) is 5.11 Å². The summed E-state index contributed by atoms with van der Waals surface area (Å²) in [7, 11) is 1.65. The fourth-order valence-corrected chi connectivity index (χ4v) is 2.78. The molecule has 5 heteroatoms. The van der Waals surface area contributed by atoms with Gasteiger partial charge in [0.1, 0.15) is 6.10 Å². The van der Waals surface area contributed by atoms with Gasteiger partial charge in [-0.2, -0.15) is 5.10 Å². The van der Waals surface area contributed by atoms with E-state index in [4.69, 9.17) is 4.74 Å². The molecular weight excluding hydrogens is 320 g/mol. The lowest BCUT2D eigenvalue weighted by Gasteiger charge is -2.17. The molecule has 0 spiro atoms. The van der Waals surface area contributed by atoms with E-state index in [1.165, 1.54) is 0 Å². The predicted octanol–water partition coefficient (Wildman–Crippen LogP) is 2.94. The molecule has 1 aromatic heterocycles. The van der Waals surface area contributed by atoms with E-state index in [0.717, 1.165) is 27.7 Å². The van der Waals surface area contributed by atoms with Crippen molar-refractivity contribution in [1.29, 1.82) is 0 Å². The Morgan fingerprint density at radius 2 is 2.15 bits per heavy atom. The van der Waals surface area contributed by atoms with Gasteiger partial charge in [0, 0.05) is 7.11 Å². The van der Waals surface area contributed by atoms with Crippen LogP contribution in [0, 0.1) is 0 Å². The second-order valence-corrected chi connectivity index (χ2v) is 5.40. The van der Waals surface area contributed by atoms with E-state index in [-0.39, 0.29) is 0 Å². The molecule has 0 radical (unpaired) electrons. The second-order valence-electron chi connectivity index (χ2n) is 4.55. The zero-order valence-electron chi connectivity index (χ0n) is 11.7. The fourth-order valence-electron chi connectivity index (χ4n) is 2.27. The lowest BCUT2D eigenvalue weighted by molar-refractivity contribution is 0.170. The van der Waals surface area contributed by atoms with E-state index in [1.807, 2.05) is 24.3 Å². The molecular formula is C15H19BrN2O2. The molecule has 0 saturated carbocycles. The number of ether oxygens (including phenoxy) is 1. The summed E-state index contributed by atoms with van der Waals surface area (Å²) in [5, 5.41) is 15.0. The van der Waals surface area contributed by atoms with Crippen molar-refractivity contribution in [3.63, 3.8) is 0 Å². The van der Waals surface area contributed by atoms with Crippen molar-refractivity contribution in [1.82, 2.24) is 9.78 Å². The number of rotatable bonds is 6. The number of hydrogen-bond donors (Lipinski definition) is 1. The molecule has 4 nitrogen and oxygen atoms in total. The van der Waals surface area contributed by atoms with Crippen LogP contribution in [0.25, 0.3) is 0 Å². The molecule has 0 aliphatic heterocycles. The molecule has 0 aliphatic rings. The van der Waals surface area contributed by atoms with Gasteiger partial charge in [0.15, 0.2) is 0 Å². The molecule has 1 atom stereocenters. The number of nitrogens with zero attached hydrogens (tertiary/aromatic N) is 2. The molecule has 1 N–H and O–H groups in total. The molecule has 2 rings (SSSR count). The van der Waals surface area contributed by atoms with Crippen molar-refractivity contribution in [3.8, 4) is 0 Å². The average Bonchev–Trinajstić information content (AvgIpc) is 2.85. The first-order valence-corrected chi connectivity index (χ1v) is 7.44. The number of benzene rings is 1. The third-order valence-corrected chi connectivity index (χ3v) is 3.94. The van der Waals surface area contributed by atoms with Crippen LogP contribution in [0.15, 0.2) is 34.9 Å². The van der Waals surface area contributed by atoms with E-state index >= 15 is 0 Å². The Morgan fingerprint density at radius 3 is 2.85 bits per heavy atom. The number of halogens is 1. The van der Waals surface area contributed by atoms with Crippen LogP contribution in [-0.2, 0) is 17.7 Å². The highest BCUT2D eigenvalue weighted by Gasteiger charge is 2.21. The molecule has 1 heterocycles. The van der Waals surface area contributed by atoms with Gasteiger partial charge in [0.25, 0.3) is 0 Å². The molecule has 0 saturated heterocycles. The molecule has 0 amide bonds. The Labute approximate surface area is 127 Å². The molecule has 108 valence electrons. The summed E-state index contributed by atoms with van der Waals surface area (Å²) in [6, 6.07) is 7.94. The maximum atomic E-state index is 10.7. The number of aryl methyl sites for hydroxylation is 1. The van der Waals surface area contributed by atoms with Crippen LogP contribution in [-0.4, -0.2) is 28.6 Å². The van der Waals surface area contributed by atoms with Crippen LogP contribution in [0.3, 0.4) is 0 Å². The topological polar surface area (TPSA) is 47.3 Å². The highest BCUT2D eigenvalue weighted by atomic mass is 79.9. The summed E-state index contributed by atoms with van der Waals surface area (Å²) in [5.74, 6) is 0. The maximum Gasteiger partial charge on any atom is 0.122 e. The van der Waals surface area contributed by atoms with Crippen LogP contribution < -0.4 is 0 Å². The molecule has 2 aromatic rings. The minimum Gasteiger partial charge on any atom is -0.383 e. The van der Waals surface area contributed by atoms with Crippen molar-refractivity contribution < 1.29 is 9.84 Å². The third-order valence-electron chi connectivity index (χ3n) is 3.33. The Morgan fingerprint density at radius 1 is 1.40 bits per heavy atom. The van der Waals surface area contributed by atoms with Crippen molar-refractivity contribution >= 4 is 15.9 Å². The van der Waals surface area contributed by atoms with Crippen molar-refractivity contribution in [2.45, 2.75) is 26.0 Å². The van der Waals surface area contributed by atoms with Crippen molar-refractivity contribution in [2.75, 3.05) is 13.7 Å². The van der Waals surface area contributed by atoms with Gasteiger partial charge in [-0.3, -0.25) is 4.68 Å². The fraction of sp³-hybridized carbons (Fsp3) is 0.400. The van der Waals surface area contributed by atoms with Crippen LogP contribution in [0.5, 0.6) is 0 Å². The molecule has 1 aromatic carbocycles. The smallest absolute Gasteiger partial charge is 0.122 e. The Bertz CT molecular complexity index is 569. The van der Waals surface area contributed by atoms with Gasteiger partial charge < -0.3 is 9.84 Å². The zero-order chi connectivity index (χ0) is 14.5. The predicted molar refractivity (Wildman–Crippen MR) is 81.7 cm³/mol. The second kappa shape index (κ2) is 7.02. The van der Waals surface area contributed by atoms with Crippen molar-refractivity contribution in [2.24, 2.45) is 0 Å². The minimum absolute atomic E-state index is 0.559. The van der Waals surface area contributed by atoms with Crippen LogP contribution in [0.1, 0.15) is 29.8 Å². The van der Waals surface area contributed by atoms with Gasteiger partial charge in [-0.25, -0.2) is 0 Å². The van der Waals surface area contributed by atoms with Crippen LogP contribution in [0.4, 0.5) is 0 Å². The standard InChI is InChI=1S/C15H19BrN2O2/c1-3-11-6-4-5-7-12(11)15(19)14-13(16)10-17-18(14)8-9-20-2/h4-7,10,15,19H,3,8-9H2,1-2H3. The van der Waals surface area contributed by atoms with Crippen LogP contribution >= 0.6 is 15.9 Å². The maximum absolute atomic E-state index is 10.7. The summed E-state index contributed by atoms with van der Waals surface area (Å²) in [5.41, 5.74) is 2.84. The summed E-state index contributed by atoms with van der Waals surface area (Å²) in [6.45, 7) is 3.26. The third kappa shape index (κ3) is 3.11. The van der Waals surface area contributed by atoms with Gasteiger partial charge in [0.2, 0.25) is 0 Å². The molecule has 0 fully saturated rings. The zero-order valence-corrected chi connectivity index (χ0v) is 13.3. The Kier molecular flexibility index (Phi) is 5.34. The number of hydrogen-bond acceptors (Lipinski definition) is 3. The SMILES string of the molecule is CCc1ccccc1C(O)c1c(Br)cnn1CCOC. The molecule has 0 bridgehead atoms. The van der Waals surface area contributed by atoms with Gasteiger partial charge in [-0.05, 0) is 33.5 Å². The first kappa shape index (κ1) is 15.2. The number of aliphatic hydroxyl groups excluding tert-OH is 1. The monoisotopic (exact) mass is 338 g/mol. The average molecular weight is 339 g/mol. The Hall–Kier alpha value is -1.17. The summed E-state index contributed by atoms with van der Waals surface area (Å²) >= 11 is 3.47. The highest BCUT2D eigenvalue weighted by molar-refractivity contribution is 9.10. The van der Waals surface area contributed by atoms with E-state index < -0.39 is 6.10 Å². The quantitative estimate of drug-likeness (QED) is 0.880. The van der Waals surface area contributed by atoms with E-state index in [1.54, 1.807) is 18.0 Å². The molecule has 20 heavy (non-hydrogen) atoms. The molecule has 0 aliphatic carbocycles. The minimum atomic E-state index is -0.695. The number of aliphatic hydroxyl groups is 1. The highest BCUT2D eigenvalue weighted by Crippen LogP contribution is 2.30. The number of aromatic nitrogens is 2. The van der Waals surface area contributed by atoms with Gasteiger partial charge in [-0.1, -0.05) is 31.2 Å². The summed E-state index contributed by atoms with van der Waals surface area (Å²) in [6.07, 6.45) is 1.90. The van der Waals surface area contributed by atoms with Crippen LogP contribution in [0.2, 0.25) is 0 Å². The summed E-state index contributed by atoms with van der Waals surface area (Å²) < 4.78 is 7.68. The van der Waals surface area contributed by atoms with Crippen molar-refractivity contribution in [3.05, 3.63) is 51.8 Å². The normalized spacial score (nSPS) is 12.6. The first-order chi connectivity index (χ1) is 9.69.